The fourth-order valence-corrected chi connectivity index (χ4v) is 1.54. The lowest BCUT2D eigenvalue weighted by atomic mass is 10.2. The van der Waals surface area contributed by atoms with Gasteiger partial charge in [-0.05, 0) is 37.1 Å². The lowest BCUT2D eigenvalue weighted by Gasteiger charge is -2.03. The zero-order valence-electron chi connectivity index (χ0n) is 9.92. The fourth-order valence-electron chi connectivity index (χ4n) is 1.18. The van der Waals surface area contributed by atoms with Crippen molar-refractivity contribution in [2.45, 2.75) is 18.7 Å². The molecule has 3 heteroatoms. The van der Waals surface area contributed by atoms with Crippen LogP contribution in [0, 0.1) is 13.8 Å². The summed E-state index contributed by atoms with van der Waals surface area (Å²) in [6, 6.07) is 17.0. The molecule has 2 aromatic rings. The number of benzene rings is 2. The third-order valence-electron chi connectivity index (χ3n) is 2.15. The van der Waals surface area contributed by atoms with Gasteiger partial charge in [-0.15, -0.1) is 0 Å². The molecule has 0 saturated carbocycles. The Morgan fingerprint density at radius 2 is 1.29 bits per heavy atom. The maximum Gasteiger partial charge on any atom is 0.0248 e. The molecule has 2 aromatic carbocycles. The Labute approximate surface area is 105 Å². The van der Waals surface area contributed by atoms with Crippen LogP contribution in [0.1, 0.15) is 11.1 Å². The summed E-state index contributed by atoms with van der Waals surface area (Å²) in [5, 5.41) is 0. The van der Waals surface area contributed by atoms with Gasteiger partial charge in [0.15, 0.2) is 0 Å². The first-order valence-corrected chi connectivity index (χ1v) is 6.34. The van der Waals surface area contributed by atoms with Gasteiger partial charge in [-0.2, -0.15) is 0 Å². The molecule has 2 rings (SSSR count). The maximum atomic E-state index is 10.3. The quantitative estimate of drug-likeness (QED) is 0.726. The van der Waals surface area contributed by atoms with Crippen LogP contribution in [0.4, 0.5) is 0 Å². The second-order valence-corrected chi connectivity index (χ2v) is 4.64. The first-order chi connectivity index (χ1) is 8.09. The molecule has 2 nitrogen and oxygen atoms in total. The van der Waals surface area contributed by atoms with Gasteiger partial charge in [-0.3, -0.25) is 4.21 Å². The van der Waals surface area contributed by atoms with E-state index < -0.39 is 11.1 Å². The van der Waals surface area contributed by atoms with Crippen LogP contribution in [0.2, 0.25) is 0 Å². The molecule has 1 atom stereocenters. The SMILES string of the molecule is Cc1ccc(S(=O)[O-])cc1.Cc1ccccc1. The second kappa shape index (κ2) is 6.99. The van der Waals surface area contributed by atoms with E-state index in [1.165, 1.54) is 5.56 Å². The zero-order valence-corrected chi connectivity index (χ0v) is 10.7. The maximum absolute atomic E-state index is 10.3. The summed E-state index contributed by atoms with van der Waals surface area (Å²) in [6.45, 7) is 4.00. The van der Waals surface area contributed by atoms with Crippen molar-refractivity contribution < 1.29 is 8.76 Å². The Kier molecular flexibility index (Phi) is 5.60. The third-order valence-corrected chi connectivity index (χ3v) is 2.81. The van der Waals surface area contributed by atoms with E-state index in [2.05, 4.69) is 19.1 Å². The molecule has 0 amide bonds. The van der Waals surface area contributed by atoms with E-state index in [1.807, 2.05) is 25.1 Å². The highest BCUT2D eigenvalue weighted by Crippen LogP contribution is 2.05. The van der Waals surface area contributed by atoms with Gasteiger partial charge in [0.2, 0.25) is 0 Å². The first kappa shape index (κ1) is 13.6. The molecule has 0 aliphatic carbocycles. The predicted molar refractivity (Wildman–Crippen MR) is 69.5 cm³/mol. The topological polar surface area (TPSA) is 40.1 Å². The average Bonchev–Trinajstić information content (AvgIpc) is 2.31. The number of hydrogen-bond acceptors (Lipinski definition) is 2. The van der Waals surface area contributed by atoms with Gasteiger partial charge in [-0.1, -0.05) is 53.6 Å². The molecule has 90 valence electrons. The van der Waals surface area contributed by atoms with Crippen LogP contribution in [-0.2, 0) is 11.1 Å². The molecular formula is C14H15O2S-. The minimum Gasteiger partial charge on any atom is -0.768 e. The molecule has 0 aliphatic rings. The highest BCUT2D eigenvalue weighted by atomic mass is 32.2. The van der Waals surface area contributed by atoms with Crippen LogP contribution < -0.4 is 0 Å². The van der Waals surface area contributed by atoms with E-state index in [0.717, 1.165) is 5.56 Å². The van der Waals surface area contributed by atoms with E-state index in [9.17, 15) is 8.76 Å². The molecule has 17 heavy (non-hydrogen) atoms. The standard InChI is InChI=1S/C7H8O2S.C7H8/c1-6-2-4-7(5-3-6)10(8)9;1-7-5-3-2-4-6-7/h2-5H,1H3,(H,8,9);2-6H,1H3/p-1. The summed E-state index contributed by atoms with van der Waals surface area (Å²) in [5.41, 5.74) is 2.39. The van der Waals surface area contributed by atoms with Gasteiger partial charge >= 0.3 is 0 Å². The summed E-state index contributed by atoms with van der Waals surface area (Å²) in [5.74, 6) is 0. The predicted octanol–water partition coefficient (Wildman–Crippen LogP) is 3.23. The van der Waals surface area contributed by atoms with Crippen molar-refractivity contribution in [3.8, 4) is 0 Å². The molecule has 0 radical (unpaired) electrons. The van der Waals surface area contributed by atoms with Crippen LogP contribution in [0.15, 0.2) is 59.5 Å². The Morgan fingerprint density at radius 1 is 0.824 bits per heavy atom. The van der Waals surface area contributed by atoms with Crippen molar-refractivity contribution in [1.29, 1.82) is 0 Å². The minimum absolute atomic E-state index is 0.339. The fraction of sp³-hybridized carbons (Fsp3) is 0.143. The van der Waals surface area contributed by atoms with Gasteiger partial charge in [0, 0.05) is 4.90 Å². The Hall–Kier alpha value is -1.45. The molecular weight excluding hydrogens is 232 g/mol. The normalized spacial score (nSPS) is 11.2. The van der Waals surface area contributed by atoms with Crippen molar-refractivity contribution in [3.63, 3.8) is 0 Å². The summed E-state index contributed by atoms with van der Waals surface area (Å²) in [7, 11) is 0. The number of rotatable bonds is 1. The second-order valence-electron chi connectivity index (χ2n) is 3.70. The molecule has 0 aliphatic heterocycles. The molecule has 0 fully saturated rings. The molecule has 0 aromatic heterocycles. The van der Waals surface area contributed by atoms with Crippen LogP contribution in [0.3, 0.4) is 0 Å². The summed E-state index contributed by atoms with van der Waals surface area (Å²) < 4.78 is 20.6. The van der Waals surface area contributed by atoms with Gasteiger partial charge < -0.3 is 4.55 Å². The van der Waals surface area contributed by atoms with Crippen LogP contribution in [-0.4, -0.2) is 8.76 Å². The Morgan fingerprint density at radius 3 is 1.65 bits per heavy atom. The van der Waals surface area contributed by atoms with Crippen molar-refractivity contribution in [2.75, 3.05) is 0 Å². The van der Waals surface area contributed by atoms with E-state index >= 15 is 0 Å². The summed E-state index contributed by atoms with van der Waals surface area (Å²) >= 11 is -2.09. The molecule has 0 spiro atoms. The van der Waals surface area contributed by atoms with E-state index in [4.69, 9.17) is 0 Å². The highest BCUT2D eigenvalue weighted by molar-refractivity contribution is 7.79. The van der Waals surface area contributed by atoms with Crippen LogP contribution in [0.5, 0.6) is 0 Å². The lowest BCUT2D eigenvalue weighted by Crippen LogP contribution is -1.87. The molecule has 0 saturated heterocycles. The lowest BCUT2D eigenvalue weighted by molar-refractivity contribution is 0.537. The molecule has 1 unspecified atom stereocenters. The van der Waals surface area contributed by atoms with Crippen molar-refractivity contribution in [3.05, 3.63) is 65.7 Å². The number of aryl methyl sites for hydroxylation is 2. The summed E-state index contributed by atoms with van der Waals surface area (Å²) in [4.78, 5) is 0.339. The van der Waals surface area contributed by atoms with Gasteiger partial charge in [0.05, 0.1) is 0 Å². The largest absolute Gasteiger partial charge is 0.768 e. The van der Waals surface area contributed by atoms with Crippen molar-refractivity contribution in [2.24, 2.45) is 0 Å². The first-order valence-electron chi connectivity index (χ1n) is 5.27. The molecule has 0 bridgehead atoms. The monoisotopic (exact) mass is 247 g/mol. The van der Waals surface area contributed by atoms with E-state index in [0.29, 0.717) is 4.90 Å². The van der Waals surface area contributed by atoms with E-state index in [1.54, 1.807) is 24.3 Å². The van der Waals surface area contributed by atoms with E-state index in [-0.39, 0.29) is 0 Å². The molecule has 0 N–H and O–H groups in total. The van der Waals surface area contributed by atoms with Gasteiger partial charge in [0.1, 0.15) is 0 Å². The van der Waals surface area contributed by atoms with Crippen LogP contribution >= 0.6 is 0 Å². The van der Waals surface area contributed by atoms with Gasteiger partial charge in [0.25, 0.3) is 0 Å². The van der Waals surface area contributed by atoms with Gasteiger partial charge in [-0.25, -0.2) is 0 Å². The van der Waals surface area contributed by atoms with Crippen molar-refractivity contribution in [1.82, 2.24) is 0 Å². The van der Waals surface area contributed by atoms with Crippen LogP contribution in [0.25, 0.3) is 0 Å². The summed E-state index contributed by atoms with van der Waals surface area (Å²) in [6.07, 6.45) is 0. The minimum atomic E-state index is -2.09. The third kappa shape index (κ3) is 5.43. The zero-order chi connectivity index (χ0) is 12.7. The highest BCUT2D eigenvalue weighted by Gasteiger charge is 1.88. The van der Waals surface area contributed by atoms with Crippen molar-refractivity contribution >= 4 is 11.1 Å². The number of hydrogen-bond donors (Lipinski definition) is 0. The molecule has 0 heterocycles. The Bertz CT molecular complexity index is 463. The average molecular weight is 247 g/mol. The smallest absolute Gasteiger partial charge is 0.0248 e. The Balaban J connectivity index is 0.000000181.